The zero-order chi connectivity index (χ0) is 28.3. The van der Waals surface area contributed by atoms with E-state index in [4.69, 9.17) is 18.9 Å². The number of hydrogen-bond acceptors (Lipinski definition) is 7. The van der Waals surface area contributed by atoms with Crippen LogP contribution in [0.15, 0.2) is 30.5 Å². The summed E-state index contributed by atoms with van der Waals surface area (Å²) in [4.78, 5) is 17.3. The summed E-state index contributed by atoms with van der Waals surface area (Å²) < 4.78 is 91.7. The number of rotatable bonds is 10. The fraction of sp³-hybridized carbons (Fsp3) is 0.520. The Morgan fingerprint density at radius 2 is 1.89 bits per heavy atom. The van der Waals surface area contributed by atoms with Gasteiger partial charge in [0.2, 0.25) is 5.82 Å². The van der Waals surface area contributed by atoms with Gasteiger partial charge in [-0.1, -0.05) is 13.0 Å². The summed E-state index contributed by atoms with van der Waals surface area (Å²) in [5.74, 6) is -7.03. The van der Waals surface area contributed by atoms with Crippen LogP contribution in [0, 0.1) is 17.6 Å². The van der Waals surface area contributed by atoms with Crippen LogP contribution in [0.1, 0.15) is 37.1 Å². The van der Waals surface area contributed by atoms with E-state index in [-0.39, 0.29) is 36.8 Å². The number of nitrogens with one attached hydrogen (secondary N) is 1. The zero-order valence-corrected chi connectivity index (χ0v) is 21.1. The quantitative estimate of drug-likeness (QED) is 0.340. The summed E-state index contributed by atoms with van der Waals surface area (Å²) in [5, 5.41) is 12.4. The number of aliphatic hydroxyl groups is 1. The maximum Gasteiger partial charge on any atom is 0.417 e. The Balaban J connectivity index is 1.99. The molecule has 2 heterocycles. The summed E-state index contributed by atoms with van der Waals surface area (Å²) in [6.07, 6.45) is -6.47. The molecule has 0 saturated carbocycles. The van der Waals surface area contributed by atoms with Crippen LogP contribution < -0.4 is 10.1 Å². The van der Waals surface area contributed by atoms with Crippen LogP contribution in [-0.2, 0) is 19.0 Å². The Morgan fingerprint density at radius 1 is 1.18 bits per heavy atom. The monoisotopic (exact) mass is 548 g/mol. The normalized spacial score (nSPS) is 24.3. The standard InChI is InChI=1S/C25H29F5N2O6/c1-13-19(15-6-7-16(26)20(27)21(15)37-10-9-35-3)22(38-24(13,2)25(28,29)30)23(34)32-14-5-8-17(31-11-14)18(33)12-36-4/h5-8,11,13,18-19,22,33H,9-10,12H2,1-4H3,(H,32,34)/t13-,18+,19-,22+,24+/m0/s1. The van der Waals surface area contributed by atoms with E-state index in [2.05, 4.69) is 10.3 Å². The summed E-state index contributed by atoms with van der Waals surface area (Å²) in [6.45, 7) is 1.79. The van der Waals surface area contributed by atoms with Crippen molar-refractivity contribution in [2.75, 3.05) is 39.4 Å². The molecule has 1 saturated heterocycles. The number of carbonyl (C=O) groups excluding carboxylic acids is 1. The number of anilines is 1. The Kier molecular flexibility index (Phi) is 9.29. The number of nitrogens with zero attached hydrogens (tertiary/aromatic N) is 1. The average molecular weight is 549 g/mol. The minimum absolute atomic E-state index is 0.00162. The lowest BCUT2D eigenvalue weighted by atomic mass is 9.77. The zero-order valence-electron chi connectivity index (χ0n) is 21.1. The highest BCUT2D eigenvalue weighted by atomic mass is 19.4. The number of hydrogen-bond donors (Lipinski definition) is 2. The maximum absolute atomic E-state index is 14.8. The number of pyridine rings is 1. The molecule has 8 nitrogen and oxygen atoms in total. The molecule has 1 aliphatic rings. The van der Waals surface area contributed by atoms with Gasteiger partial charge in [-0.3, -0.25) is 9.78 Å². The van der Waals surface area contributed by atoms with Gasteiger partial charge < -0.3 is 29.4 Å². The van der Waals surface area contributed by atoms with Gasteiger partial charge in [0.1, 0.15) is 18.8 Å². The molecule has 1 amide bonds. The molecule has 3 rings (SSSR count). The van der Waals surface area contributed by atoms with Gasteiger partial charge in [-0.2, -0.15) is 17.6 Å². The Bertz CT molecular complexity index is 1120. The third-order valence-electron chi connectivity index (χ3n) is 6.62. The van der Waals surface area contributed by atoms with Gasteiger partial charge in [0.05, 0.1) is 30.8 Å². The van der Waals surface area contributed by atoms with Crippen molar-refractivity contribution in [2.24, 2.45) is 5.92 Å². The van der Waals surface area contributed by atoms with Crippen molar-refractivity contribution in [1.29, 1.82) is 0 Å². The fourth-order valence-corrected chi connectivity index (χ4v) is 4.34. The van der Waals surface area contributed by atoms with E-state index in [9.17, 15) is 31.9 Å². The van der Waals surface area contributed by atoms with Gasteiger partial charge in [-0.05, 0) is 25.1 Å². The number of halogens is 5. The minimum atomic E-state index is -4.89. The lowest BCUT2D eigenvalue weighted by Crippen LogP contribution is -2.47. The van der Waals surface area contributed by atoms with Gasteiger partial charge in [0.25, 0.3) is 5.91 Å². The van der Waals surface area contributed by atoms with Gasteiger partial charge in [0.15, 0.2) is 17.2 Å². The second-order valence-electron chi connectivity index (χ2n) is 9.01. The van der Waals surface area contributed by atoms with Crippen molar-refractivity contribution in [3.63, 3.8) is 0 Å². The molecule has 210 valence electrons. The van der Waals surface area contributed by atoms with Gasteiger partial charge in [0, 0.05) is 31.6 Å². The summed E-state index contributed by atoms with van der Waals surface area (Å²) in [6, 6.07) is 4.64. The van der Waals surface area contributed by atoms with E-state index < -0.39 is 59.1 Å². The molecule has 1 aromatic heterocycles. The molecule has 13 heteroatoms. The molecule has 1 fully saturated rings. The van der Waals surface area contributed by atoms with Crippen LogP contribution in [0.5, 0.6) is 5.75 Å². The van der Waals surface area contributed by atoms with E-state index in [0.717, 1.165) is 19.1 Å². The average Bonchev–Trinajstić information content (AvgIpc) is 3.14. The molecule has 1 aliphatic heterocycles. The van der Waals surface area contributed by atoms with Gasteiger partial charge >= 0.3 is 6.18 Å². The third-order valence-corrected chi connectivity index (χ3v) is 6.62. The van der Waals surface area contributed by atoms with Crippen molar-refractivity contribution in [3.8, 4) is 5.75 Å². The lowest BCUT2D eigenvalue weighted by Gasteiger charge is -2.32. The smallest absolute Gasteiger partial charge is 0.417 e. The van der Waals surface area contributed by atoms with E-state index in [1.807, 2.05) is 0 Å². The molecular weight excluding hydrogens is 519 g/mol. The summed E-state index contributed by atoms with van der Waals surface area (Å²) in [7, 11) is 2.75. The predicted octanol–water partition coefficient (Wildman–Crippen LogP) is 4.14. The number of aliphatic hydroxyl groups excluding tert-OH is 1. The Hall–Kier alpha value is -2.87. The molecule has 0 spiro atoms. The van der Waals surface area contributed by atoms with Crippen LogP contribution >= 0.6 is 0 Å². The molecule has 2 aromatic rings. The number of ether oxygens (including phenoxy) is 4. The van der Waals surface area contributed by atoms with E-state index in [0.29, 0.717) is 0 Å². The Morgan fingerprint density at radius 3 is 2.47 bits per heavy atom. The van der Waals surface area contributed by atoms with Crippen molar-refractivity contribution in [1.82, 2.24) is 4.98 Å². The van der Waals surface area contributed by atoms with Crippen molar-refractivity contribution >= 4 is 11.6 Å². The lowest BCUT2D eigenvalue weighted by molar-refractivity contribution is -0.272. The largest absolute Gasteiger partial charge is 0.488 e. The first-order chi connectivity index (χ1) is 17.9. The van der Waals surface area contributed by atoms with Crippen molar-refractivity contribution in [3.05, 3.63) is 53.4 Å². The van der Waals surface area contributed by atoms with Crippen LogP contribution in [0.2, 0.25) is 0 Å². The molecule has 1 aromatic carbocycles. The van der Waals surface area contributed by atoms with Crippen LogP contribution in [0.4, 0.5) is 27.6 Å². The van der Waals surface area contributed by atoms with E-state index >= 15 is 0 Å². The molecule has 0 bridgehead atoms. The van der Waals surface area contributed by atoms with Crippen molar-refractivity contribution < 1.29 is 50.8 Å². The molecule has 0 radical (unpaired) electrons. The minimum Gasteiger partial charge on any atom is -0.488 e. The van der Waals surface area contributed by atoms with Crippen LogP contribution in [0.25, 0.3) is 0 Å². The van der Waals surface area contributed by atoms with Gasteiger partial charge in [-0.15, -0.1) is 0 Å². The maximum atomic E-state index is 14.8. The first-order valence-corrected chi connectivity index (χ1v) is 11.6. The van der Waals surface area contributed by atoms with Gasteiger partial charge in [-0.25, -0.2) is 4.39 Å². The fourth-order valence-electron chi connectivity index (χ4n) is 4.34. The number of methoxy groups -OCH3 is 2. The van der Waals surface area contributed by atoms with E-state index in [1.54, 1.807) is 0 Å². The topological polar surface area (TPSA) is 99.1 Å². The first kappa shape index (κ1) is 29.7. The highest BCUT2D eigenvalue weighted by Crippen LogP contribution is 2.55. The number of benzene rings is 1. The summed E-state index contributed by atoms with van der Waals surface area (Å²) >= 11 is 0. The second-order valence-corrected chi connectivity index (χ2v) is 9.01. The second kappa shape index (κ2) is 11.9. The predicted molar refractivity (Wildman–Crippen MR) is 125 cm³/mol. The molecule has 5 atom stereocenters. The molecule has 0 aliphatic carbocycles. The van der Waals surface area contributed by atoms with Crippen LogP contribution in [-0.4, -0.2) is 67.9 Å². The van der Waals surface area contributed by atoms with Crippen molar-refractivity contribution in [2.45, 2.75) is 43.8 Å². The Labute approximate surface area is 216 Å². The molecule has 0 unspecified atom stereocenters. The molecule has 38 heavy (non-hydrogen) atoms. The number of carbonyl (C=O) groups is 1. The number of amides is 1. The number of aromatic nitrogens is 1. The molecule has 2 N–H and O–H groups in total. The summed E-state index contributed by atoms with van der Waals surface area (Å²) in [5.41, 5.74) is -2.59. The van der Waals surface area contributed by atoms with E-state index in [1.165, 1.54) is 39.5 Å². The SMILES string of the molecule is COCCOc1c([C@H]2[C@H](C(=O)Nc3ccc([C@H](O)COC)nc3)O[C@@](C)(C(F)(F)F)[C@H]2C)ccc(F)c1F. The first-order valence-electron chi connectivity index (χ1n) is 11.6. The molecular formula is C25H29F5N2O6. The van der Waals surface area contributed by atoms with Crippen LogP contribution in [0.3, 0.4) is 0 Å². The third kappa shape index (κ3) is 5.90. The highest BCUT2D eigenvalue weighted by Gasteiger charge is 2.66. The number of alkyl halides is 3. The highest BCUT2D eigenvalue weighted by molar-refractivity contribution is 5.95.